The maximum absolute atomic E-state index is 11.1. The van der Waals surface area contributed by atoms with Crippen molar-refractivity contribution in [2.75, 3.05) is 18.4 Å². The molecule has 0 spiro atoms. The van der Waals surface area contributed by atoms with Crippen molar-refractivity contribution in [3.63, 3.8) is 0 Å². The van der Waals surface area contributed by atoms with E-state index in [4.69, 9.17) is 16.7 Å². The molecule has 2 heterocycles. The van der Waals surface area contributed by atoms with Crippen molar-refractivity contribution >= 4 is 23.5 Å². The lowest BCUT2D eigenvalue weighted by molar-refractivity contribution is 0.152. The highest BCUT2D eigenvalue weighted by molar-refractivity contribution is 6.30. The summed E-state index contributed by atoms with van der Waals surface area (Å²) < 4.78 is 0. The number of nitrogens with one attached hydrogen (secondary N) is 1. The van der Waals surface area contributed by atoms with Gasteiger partial charge in [-0.15, -0.1) is 10.2 Å². The molecule has 23 heavy (non-hydrogen) atoms. The first-order chi connectivity index (χ1) is 11.1. The normalized spacial score (nSPS) is 29.3. The molecule has 3 atom stereocenters. The van der Waals surface area contributed by atoms with Gasteiger partial charge in [-0.05, 0) is 55.9 Å². The standard InChI is InChI=1S/C16H21ClN4O2/c17-14-12-3-1-2-4-13(12)15(20-19-14)18-11-5-9-7-21(16(22)23)8-10(9)6-11/h9-11H,1-8H2,(H,18,20)(H,22,23)/t9-,10+,11?. The van der Waals surface area contributed by atoms with E-state index >= 15 is 0 Å². The van der Waals surface area contributed by atoms with Crippen molar-refractivity contribution in [2.24, 2.45) is 11.8 Å². The van der Waals surface area contributed by atoms with Gasteiger partial charge in [0.1, 0.15) is 0 Å². The molecule has 124 valence electrons. The molecule has 1 unspecified atom stereocenters. The van der Waals surface area contributed by atoms with E-state index in [0.29, 0.717) is 36.1 Å². The van der Waals surface area contributed by atoms with Gasteiger partial charge in [0.2, 0.25) is 0 Å². The Morgan fingerprint density at radius 3 is 2.43 bits per heavy atom. The van der Waals surface area contributed by atoms with Gasteiger partial charge in [0.15, 0.2) is 11.0 Å². The average Bonchev–Trinajstić information content (AvgIpc) is 3.09. The second kappa shape index (κ2) is 5.82. The lowest BCUT2D eigenvalue weighted by atomic mass is 9.93. The summed E-state index contributed by atoms with van der Waals surface area (Å²) in [6.45, 7) is 1.34. The summed E-state index contributed by atoms with van der Waals surface area (Å²) in [6.07, 6.45) is 5.56. The summed E-state index contributed by atoms with van der Waals surface area (Å²) in [5, 5.41) is 21.6. The Bertz CT molecular complexity index is 625. The molecule has 7 heteroatoms. The van der Waals surface area contributed by atoms with E-state index < -0.39 is 6.09 Å². The zero-order valence-corrected chi connectivity index (χ0v) is 13.7. The maximum atomic E-state index is 11.1. The van der Waals surface area contributed by atoms with Gasteiger partial charge in [0.25, 0.3) is 0 Å². The van der Waals surface area contributed by atoms with E-state index in [-0.39, 0.29) is 0 Å². The minimum absolute atomic E-state index is 0.363. The van der Waals surface area contributed by atoms with E-state index in [9.17, 15) is 4.79 Å². The van der Waals surface area contributed by atoms with Crippen LogP contribution in [0.4, 0.5) is 10.6 Å². The first-order valence-electron chi connectivity index (χ1n) is 8.40. The fourth-order valence-corrected chi connectivity index (χ4v) is 4.74. The molecule has 1 aromatic heterocycles. The Labute approximate surface area is 140 Å². The molecule has 1 aliphatic heterocycles. The number of fused-ring (bicyclic) bond motifs is 2. The van der Waals surface area contributed by atoms with Crippen LogP contribution >= 0.6 is 11.6 Å². The van der Waals surface area contributed by atoms with Crippen molar-refractivity contribution in [2.45, 2.75) is 44.6 Å². The topological polar surface area (TPSA) is 78.4 Å². The maximum Gasteiger partial charge on any atom is 0.407 e. The first kappa shape index (κ1) is 15.0. The van der Waals surface area contributed by atoms with Crippen LogP contribution < -0.4 is 5.32 Å². The Balaban J connectivity index is 1.46. The molecular formula is C16H21ClN4O2. The second-order valence-electron chi connectivity index (χ2n) is 7.02. The number of halogens is 1. The van der Waals surface area contributed by atoms with Crippen LogP contribution in [0, 0.1) is 11.8 Å². The number of amides is 1. The van der Waals surface area contributed by atoms with E-state index in [1.807, 2.05) is 0 Å². The summed E-state index contributed by atoms with van der Waals surface area (Å²) >= 11 is 6.19. The molecule has 2 fully saturated rings. The van der Waals surface area contributed by atoms with E-state index in [2.05, 4.69) is 15.5 Å². The number of carboxylic acid groups (broad SMARTS) is 1. The number of hydrogen-bond acceptors (Lipinski definition) is 4. The van der Waals surface area contributed by atoms with Crippen LogP contribution in [0.25, 0.3) is 0 Å². The van der Waals surface area contributed by atoms with Gasteiger partial charge in [-0.25, -0.2) is 4.79 Å². The van der Waals surface area contributed by atoms with Crippen LogP contribution in [0.2, 0.25) is 5.15 Å². The third-order valence-corrected chi connectivity index (χ3v) is 5.91. The second-order valence-corrected chi connectivity index (χ2v) is 7.38. The number of anilines is 1. The van der Waals surface area contributed by atoms with Gasteiger partial charge in [-0.3, -0.25) is 0 Å². The van der Waals surface area contributed by atoms with E-state index in [1.54, 1.807) is 4.90 Å². The molecule has 6 nitrogen and oxygen atoms in total. The number of likely N-dealkylation sites (tertiary alicyclic amines) is 1. The molecule has 1 saturated heterocycles. The predicted molar refractivity (Wildman–Crippen MR) is 86.9 cm³/mol. The molecule has 3 aliphatic rings. The minimum atomic E-state index is -0.790. The highest BCUT2D eigenvalue weighted by Crippen LogP contribution is 2.40. The van der Waals surface area contributed by atoms with Gasteiger partial charge >= 0.3 is 6.09 Å². The van der Waals surface area contributed by atoms with Crippen LogP contribution in [0.5, 0.6) is 0 Å². The van der Waals surface area contributed by atoms with Gasteiger partial charge in [0, 0.05) is 24.7 Å². The van der Waals surface area contributed by atoms with E-state index in [1.165, 1.54) is 12.0 Å². The highest BCUT2D eigenvalue weighted by Gasteiger charge is 2.42. The third kappa shape index (κ3) is 2.73. The van der Waals surface area contributed by atoms with Gasteiger partial charge in [-0.1, -0.05) is 11.6 Å². The SMILES string of the molecule is O=C(O)N1C[C@H]2CC(Nc3nnc(Cl)c4c3CCCC4)C[C@H]2C1. The molecular weight excluding hydrogens is 316 g/mol. The van der Waals surface area contributed by atoms with Crippen LogP contribution in [0.3, 0.4) is 0 Å². The average molecular weight is 337 g/mol. The molecule has 0 radical (unpaired) electrons. The fourth-order valence-electron chi connectivity index (χ4n) is 4.49. The number of carbonyl (C=O) groups is 1. The summed E-state index contributed by atoms with van der Waals surface area (Å²) in [6, 6.07) is 0.363. The quantitative estimate of drug-likeness (QED) is 0.868. The minimum Gasteiger partial charge on any atom is -0.465 e. The van der Waals surface area contributed by atoms with Crippen molar-refractivity contribution in [3.05, 3.63) is 16.3 Å². The Kier molecular flexibility index (Phi) is 3.79. The third-order valence-electron chi connectivity index (χ3n) is 5.60. The lowest BCUT2D eigenvalue weighted by Crippen LogP contribution is -2.30. The van der Waals surface area contributed by atoms with Gasteiger partial charge in [0.05, 0.1) is 0 Å². The number of rotatable bonds is 2. The lowest BCUT2D eigenvalue weighted by Gasteiger charge is -2.22. The Morgan fingerprint density at radius 1 is 1.13 bits per heavy atom. The summed E-state index contributed by atoms with van der Waals surface area (Å²) in [7, 11) is 0. The van der Waals surface area contributed by atoms with Gasteiger partial charge < -0.3 is 15.3 Å². The van der Waals surface area contributed by atoms with Crippen molar-refractivity contribution in [3.8, 4) is 0 Å². The van der Waals surface area contributed by atoms with Crippen molar-refractivity contribution in [1.29, 1.82) is 0 Å². The van der Waals surface area contributed by atoms with Crippen LogP contribution in [0.15, 0.2) is 0 Å². The highest BCUT2D eigenvalue weighted by atomic mass is 35.5. The van der Waals surface area contributed by atoms with Crippen molar-refractivity contribution < 1.29 is 9.90 Å². The number of nitrogens with zero attached hydrogens (tertiary/aromatic N) is 3. The summed E-state index contributed by atoms with van der Waals surface area (Å²) in [5.74, 6) is 1.84. The zero-order chi connectivity index (χ0) is 16.0. The molecule has 1 aromatic rings. The largest absolute Gasteiger partial charge is 0.465 e. The molecule has 0 bridgehead atoms. The van der Waals surface area contributed by atoms with Gasteiger partial charge in [-0.2, -0.15) is 0 Å². The fraction of sp³-hybridized carbons (Fsp3) is 0.688. The summed E-state index contributed by atoms with van der Waals surface area (Å²) in [5.41, 5.74) is 2.39. The first-order valence-corrected chi connectivity index (χ1v) is 8.78. The number of aromatic nitrogens is 2. The van der Waals surface area contributed by atoms with Crippen LogP contribution in [0.1, 0.15) is 36.8 Å². The smallest absolute Gasteiger partial charge is 0.407 e. The monoisotopic (exact) mass is 336 g/mol. The van der Waals surface area contributed by atoms with Crippen LogP contribution in [-0.2, 0) is 12.8 Å². The molecule has 1 saturated carbocycles. The zero-order valence-electron chi connectivity index (χ0n) is 13.0. The predicted octanol–water partition coefficient (Wildman–Crippen LogP) is 2.81. The Hall–Kier alpha value is -1.56. The number of hydrogen-bond donors (Lipinski definition) is 2. The molecule has 0 aromatic carbocycles. The Morgan fingerprint density at radius 2 is 1.78 bits per heavy atom. The molecule has 2 aliphatic carbocycles. The van der Waals surface area contributed by atoms with E-state index in [0.717, 1.165) is 43.5 Å². The van der Waals surface area contributed by atoms with Crippen LogP contribution in [-0.4, -0.2) is 45.4 Å². The molecule has 1 amide bonds. The van der Waals surface area contributed by atoms with Crippen molar-refractivity contribution in [1.82, 2.24) is 15.1 Å². The molecule has 2 N–H and O–H groups in total. The molecule has 4 rings (SSSR count). The summed E-state index contributed by atoms with van der Waals surface area (Å²) in [4.78, 5) is 12.6.